The Labute approximate surface area is 123 Å². The molecular formula is C16H14O4S. The molecule has 0 spiro atoms. The highest BCUT2D eigenvalue weighted by molar-refractivity contribution is 7.86. The molecular weight excluding hydrogens is 288 g/mol. The van der Waals surface area contributed by atoms with Crippen LogP contribution in [-0.4, -0.2) is 18.1 Å². The van der Waals surface area contributed by atoms with E-state index in [1.54, 1.807) is 0 Å². The molecule has 0 unspecified atom stereocenters. The van der Waals surface area contributed by atoms with Gasteiger partial charge < -0.3 is 5.11 Å². The minimum Gasteiger partial charge on any atom is -0.506 e. The summed E-state index contributed by atoms with van der Waals surface area (Å²) in [7, 11) is -4.28. The van der Waals surface area contributed by atoms with Gasteiger partial charge >= 0.3 is 0 Å². The molecule has 5 heteroatoms. The van der Waals surface area contributed by atoms with E-state index in [1.807, 2.05) is 0 Å². The molecule has 4 nitrogen and oxygen atoms in total. The lowest BCUT2D eigenvalue weighted by atomic mass is 10.1. The highest BCUT2D eigenvalue weighted by Gasteiger charge is 2.12. The van der Waals surface area contributed by atoms with E-state index in [-0.39, 0.29) is 0 Å². The molecule has 2 N–H and O–H groups in total. The van der Waals surface area contributed by atoms with Crippen LogP contribution in [0.4, 0.5) is 0 Å². The standard InChI is InChI=1S/C10H8.C6H6O4S/c1-2-6-10-8-4-3-7-9(10)5-1;7-5-3-1-2-4-6(5)11(8,9)10/h1-8H;1-4,7H,(H,8,9,10). The number of phenols is 1. The quantitative estimate of drug-likeness (QED) is 0.675. The first-order valence-corrected chi connectivity index (χ1v) is 7.62. The summed E-state index contributed by atoms with van der Waals surface area (Å²) in [5.74, 6) is -0.449. The third-order valence-electron chi connectivity index (χ3n) is 2.80. The van der Waals surface area contributed by atoms with Crippen molar-refractivity contribution in [2.45, 2.75) is 4.90 Å². The van der Waals surface area contributed by atoms with Gasteiger partial charge in [0.1, 0.15) is 10.6 Å². The second-order valence-corrected chi connectivity index (χ2v) is 5.68. The lowest BCUT2D eigenvalue weighted by Gasteiger charge is -1.97. The number of hydrogen-bond donors (Lipinski definition) is 2. The second-order valence-electron chi connectivity index (χ2n) is 4.29. The normalized spacial score (nSPS) is 10.7. The summed E-state index contributed by atoms with van der Waals surface area (Å²) in [5.41, 5.74) is 0. The molecule has 0 saturated carbocycles. The van der Waals surface area contributed by atoms with Gasteiger partial charge in [-0.15, -0.1) is 0 Å². The van der Waals surface area contributed by atoms with E-state index >= 15 is 0 Å². The van der Waals surface area contributed by atoms with E-state index in [1.165, 1.54) is 29.0 Å². The van der Waals surface area contributed by atoms with Gasteiger partial charge in [0, 0.05) is 0 Å². The molecule has 0 fully saturated rings. The molecule has 0 amide bonds. The molecule has 108 valence electrons. The van der Waals surface area contributed by atoms with Crippen molar-refractivity contribution < 1.29 is 18.1 Å². The molecule has 0 aliphatic rings. The van der Waals surface area contributed by atoms with Crippen molar-refractivity contribution in [3.8, 4) is 5.75 Å². The van der Waals surface area contributed by atoms with E-state index in [0.717, 1.165) is 6.07 Å². The fourth-order valence-corrected chi connectivity index (χ4v) is 2.39. The van der Waals surface area contributed by atoms with Crippen LogP contribution in [0.15, 0.2) is 77.7 Å². The van der Waals surface area contributed by atoms with Gasteiger partial charge in [0.05, 0.1) is 0 Å². The minimum atomic E-state index is -4.28. The predicted octanol–water partition coefficient (Wildman–Crippen LogP) is 3.48. The summed E-state index contributed by atoms with van der Waals surface area (Å²) in [6.45, 7) is 0. The maximum atomic E-state index is 10.4. The molecule has 3 aromatic carbocycles. The molecule has 0 heterocycles. The summed E-state index contributed by atoms with van der Waals surface area (Å²) in [6, 6.07) is 21.9. The molecule has 3 rings (SSSR count). The van der Waals surface area contributed by atoms with Crippen LogP contribution >= 0.6 is 0 Å². The number of para-hydroxylation sites is 1. The van der Waals surface area contributed by atoms with Crippen molar-refractivity contribution in [1.82, 2.24) is 0 Å². The lowest BCUT2D eigenvalue weighted by Crippen LogP contribution is -1.97. The van der Waals surface area contributed by atoms with Crippen LogP contribution in [0.1, 0.15) is 0 Å². The highest BCUT2D eigenvalue weighted by atomic mass is 32.2. The number of benzene rings is 3. The molecule has 0 aliphatic carbocycles. The first-order valence-electron chi connectivity index (χ1n) is 6.18. The maximum Gasteiger partial charge on any atom is 0.298 e. The zero-order valence-electron chi connectivity index (χ0n) is 11.0. The van der Waals surface area contributed by atoms with Crippen LogP contribution in [0.25, 0.3) is 10.8 Å². The van der Waals surface area contributed by atoms with Crippen LogP contribution in [0.2, 0.25) is 0 Å². The Morgan fingerprint density at radius 1 is 0.667 bits per heavy atom. The largest absolute Gasteiger partial charge is 0.506 e. The number of hydrogen-bond acceptors (Lipinski definition) is 3. The summed E-state index contributed by atoms with van der Waals surface area (Å²) in [5, 5.41) is 11.5. The molecule has 3 aromatic rings. The minimum absolute atomic E-state index is 0.449. The van der Waals surface area contributed by atoms with Gasteiger partial charge in [0.25, 0.3) is 10.1 Å². The SMILES string of the molecule is O=S(=O)(O)c1ccccc1O.c1ccc2ccccc2c1. The third kappa shape index (κ3) is 4.05. The van der Waals surface area contributed by atoms with Crippen LogP contribution in [0, 0.1) is 0 Å². The molecule has 0 atom stereocenters. The topological polar surface area (TPSA) is 74.6 Å². The first-order chi connectivity index (χ1) is 9.98. The first kappa shape index (κ1) is 15.0. The van der Waals surface area contributed by atoms with Crippen molar-refractivity contribution in [2.24, 2.45) is 0 Å². The average molecular weight is 302 g/mol. The van der Waals surface area contributed by atoms with Gasteiger partial charge in [-0.3, -0.25) is 4.55 Å². The van der Waals surface area contributed by atoms with Gasteiger partial charge in [0.2, 0.25) is 0 Å². The number of rotatable bonds is 1. The van der Waals surface area contributed by atoms with E-state index in [9.17, 15) is 8.42 Å². The number of phenolic OH excluding ortho intramolecular Hbond substituents is 1. The lowest BCUT2D eigenvalue weighted by molar-refractivity contribution is 0.443. The number of aromatic hydroxyl groups is 1. The fraction of sp³-hybridized carbons (Fsp3) is 0. The molecule has 21 heavy (non-hydrogen) atoms. The van der Waals surface area contributed by atoms with Crippen molar-refractivity contribution in [1.29, 1.82) is 0 Å². The fourth-order valence-electron chi connectivity index (χ4n) is 1.81. The van der Waals surface area contributed by atoms with Crippen LogP contribution < -0.4 is 0 Å². The predicted molar refractivity (Wildman–Crippen MR) is 81.9 cm³/mol. The molecule has 0 bridgehead atoms. The van der Waals surface area contributed by atoms with Gasteiger partial charge in [-0.2, -0.15) is 8.42 Å². The Morgan fingerprint density at radius 2 is 1.05 bits per heavy atom. The highest BCUT2D eigenvalue weighted by Crippen LogP contribution is 2.20. The maximum absolute atomic E-state index is 10.4. The monoisotopic (exact) mass is 302 g/mol. The zero-order chi connectivity index (χ0) is 15.3. The average Bonchev–Trinajstić information content (AvgIpc) is 2.47. The Kier molecular flexibility index (Phi) is 4.57. The summed E-state index contributed by atoms with van der Waals surface area (Å²) < 4.78 is 29.4. The molecule has 0 radical (unpaired) electrons. The van der Waals surface area contributed by atoms with Crippen LogP contribution in [-0.2, 0) is 10.1 Å². The Morgan fingerprint density at radius 3 is 1.38 bits per heavy atom. The van der Waals surface area contributed by atoms with Crippen molar-refractivity contribution in [3.05, 3.63) is 72.8 Å². The van der Waals surface area contributed by atoms with E-state index in [4.69, 9.17) is 9.66 Å². The smallest absolute Gasteiger partial charge is 0.298 e. The van der Waals surface area contributed by atoms with Gasteiger partial charge in [0.15, 0.2) is 0 Å². The second kappa shape index (κ2) is 6.39. The summed E-state index contributed by atoms with van der Waals surface area (Å²) in [4.78, 5) is -0.472. The van der Waals surface area contributed by atoms with Crippen molar-refractivity contribution >= 4 is 20.9 Å². The molecule has 0 aromatic heterocycles. The molecule has 0 aliphatic heterocycles. The van der Waals surface area contributed by atoms with Gasteiger partial charge in [-0.1, -0.05) is 60.7 Å². The van der Waals surface area contributed by atoms with E-state index in [0.29, 0.717) is 0 Å². The van der Waals surface area contributed by atoms with Crippen molar-refractivity contribution in [3.63, 3.8) is 0 Å². The van der Waals surface area contributed by atoms with E-state index < -0.39 is 20.8 Å². The summed E-state index contributed by atoms with van der Waals surface area (Å²) >= 11 is 0. The van der Waals surface area contributed by atoms with Crippen LogP contribution in [0.3, 0.4) is 0 Å². The van der Waals surface area contributed by atoms with E-state index in [2.05, 4.69) is 48.5 Å². The zero-order valence-corrected chi connectivity index (χ0v) is 11.9. The van der Waals surface area contributed by atoms with Crippen molar-refractivity contribution in [2.75, 3.05) is 0 Å². The number of fused-ring (bicyclic) bond motifs is 1. The molecule has 0 saturated heterocycles. The third-order valence-corrected chi connectivity index (χ3v) is 3.70. The Balaban J connectivity index is 0.000000154. The van der Waals surface area contributed by atoms with Gasteiger partial charge in [-0.25, -0.2) is 0 Å². The Bertz CT molecular complexity index is 776. The Hall–Kier alpha value is -2.37. The summed E-state index contributed by atoms with van der Waals surface area (Å²) in [6.07, 6.45) is 0. The van der Waals surface area contributed by atoms with Crippen LogP contribution in [0.5, 0.6) is 5.75 Å². The van der Waals surface area contributed by atoms with Gasteiger partial charge in [-0.05, 0) is 22.9 Å².